The van der Waals surface area contributed by atoms with Crippen LogP contribution in [-0.2, 0) is 0 Å². The van der Waals surface area contributed by atoms with Crippen LogP contribution in [0.5, 0.6) is 5.88 Å². The van der Waals surface area contributed by atoms with Crippen molar-refractivity contribution in [2.24, 2.45) is 5.92 Å². The largest absolute Gasteiger partial charge is 0.477 e. The molecule has 0 amide bonds. The fourth-order valence-electron chi connectivity index (χ4n) is 2.78. The highest BCUT2D eigenvalue weighted by molar-refractivity contribution is 5.80. The Morgan fingerprint density at radius 3 is 2.95 bits per heavy atom. The predicted octanol–water partition coefficient (Wildman–Crippen LogP) is 3.13. The van der Waals surface area contributed by atoms with Gasteiger partial charge in [-0.1, -0.05) is 26.2 Å². The first-order valence-electron chi connectivity index (χ1n) is 7.94. The van der Waals surface area contributed by atoms with E-state index in [1.54, 1.807) is 6.20 Å². The van der Waals surface area contributed by atoms with Crippen LogP contribution in [0.1, 0.15) is 45.4 Å². The summed E-state index contributed by atoms with van der Waals surface area (Å²) in [7, 11) is 0. The van der Waals surface area contributed by atoms with Crippen LogP contribution >= 0.6 is 0 Å². The molecule has 0 saturated heterocycles. The molecule has 0 spiro atoms. The van der Waals surface area contributed by atoms with Crippen LogP contribution < -0.4 is 10.1 Å². The van der Waals surface area contributed by atoms with Crippen molar-refractivity contribution in [3.63, 3.8) is 0 Å². The number of H-pyrrole nitrogens is 1. The highest BCUT2D eigenvalue weighted by Crippen LogP contribution is 2.27. The van der Waals surface area contributed by atoms with Gasteiger partial charge in [0.1, 0.15) is 5.39 Å². The van der Waals surface area contributed by atoms with Crippen molar-refractivity contribution in [2.75, 3.05) is 18.5 Å². The summed E-state index contributed by atoms with van der Waals surface area (Å²) in [6.45, 7) is 3.70. The zero-order chi connectivity index (χ0) is 14.5. The fraction of sp³-hybridized carbons (Fsp3) is 0.667. The summed E-state index contributed by atoms with van der Waals surface area (Å²) in [6, 6.07) is 0. The van der Waals surface area contributed by atoms with Gasteiger partial charge in [0.05, 0.1) is 12.8 Å². The maximum absolute atomic E-state index is 5.99. The highest BCUT2D eigenvalue weighted by Gasteiger charge is 2.16. The molecule has 2 heterocycles. The summed E-state index contributed by atoms with van der Waals surface area (Å²) in [5.74, 6) is 1.90. The van der Waals surface area contributed by atoms with E-state index in [0.29, 0.717) is 17.7 Å². The molecule has 1 saturated carbocycles. The molecule has 1 aliphatic carbocycles. The predicted molar refractivity (Wildman–Crippen MR) is 82.5 cm³/mol. The van der Waals surface area contributed by atoms with Crippen molar-refractivity contribution in [3.05, 3.63) is 6.20 Å². The number of rotatable bonds is 6. The van der Waals surface area contributed by atoms with Crippen LogP contribution in [0.2, 0.25) is 0 Å². The van der Waals surface area contributed by atoms with Gasteiger partial charge in [0.25, 0.3) is 0 Å². The van der Waals surface area contributed by atoms with E-state index >= 15 is 0 Å². The molecule has 2 aromatic rings. The molecule has 3 rings (SSSR count). The van der Waals surface area contributed by atoms with E-state index < -0.39 is 0 Å². The van der Waals surface area contributed by atoms with Gasteiger partial charge in [0.2, 0.25) is 11.8 Å². The number of aromatic nitrogens is 4. The molecule has 114 valence electrons. The Morgan fingerprint density at radius 1 is 1.29 bits per heavy atom. The summed E-state index contributed by atoms with van der Waals surface area (Å²) in [4.78, 5) is 8.90. The molecule has 0 aliphatic heterocycles. The summed E-state index contributed by atoms with van der Waals surface area (Å²) in [6.07, 6.45) is 9.30. The maximum atomic E-state index is 5.99. The van der Waals surface area contributed by atoms with E-state index in [9.17, 15) is 0 Å². The van der Waals surface area contributed by atoms with E-state index in [-0.39, 0.29) is 0 Å². The van der Waals surface area contributed by atoms with E-state index in [2.05, 4.69) is 32.4 Å². The van der Waals surface area contributed by atoms with Crippen molar-refractivity contribution in [1.29, 1.82) is 0 Å². The topological polar surface area (TPSA) is 75.7 Å². The molecule has 1 fully saturated rings. The van der Waals surface area contributed by atoms with E-state index in [0.717, 1.165) is 30.6 Å². The lowest BCUT2D eigenvalue weighted by Gasteiger charge is -2.21. The normalized spacial score (nSPS) is 16.2. The Labute approximate surface area is 124 Å². The van der Waals surface area contributed by atoms with Crippen LogP contribution in [0.15, 0.2) is 6.20 Å². The third kappa shape index (κ3) is 3.43. The molecule has 0 atom stereocenters. The van der Waals surface area contributed by atoms with E-state index in [4.69, 9.17) is 4.74 Å². The third-order valence-electron chi connectivity index (χ3n) is 3.99. The summed E-state index contributed by atoms with van der Waals surface area (Å²) in [5.41, 5.74) is 0.724. The molecule has 2 aromatic heterocycles. The first-order chi connectivity index (χ1) is 10.4. The van der Waals surface area contributed by atoms with Crippen LogP contribution in [0.3, 0.4) is 0 Å². The monoisotopic (exact) mass is 289 g/mol. The lowest BCUT2D eigenvalue weighted by Crippen LogP contribution is -2.16. The van der Waals surface area contributed by atoms with E-state index in [1.165, 1.54) is 32.1 Å². The fourth-order valence-corrected chi connectivity index (χ4v) is 2.78. The van der Waals surface area contributed by atoms with Crippen LogP contribution in [0.25, 0.3) is 11.0 Å². The van der Waals surface area contributed by atoms with Gasteiger partial charge in [-0.3, -0.25) is 5.10 Å². The van der Waals surface area contributed by atoms with Crippen LogP contribution in [-0.4, -0.2) is 33.3 Å². The molecule has 0 radical (unpaired) electrons. The number of hydrogen-bond donors (Lipinski definition) is 2. The standard InChI is InChI=1S/C15H23N5O/c1-2-8-16-15-18-13-12(9-17-20-13)14(19-15)21-10-11-6-4-3-5-7-11/h9,11H,2-8,10H2,1H3,(H2,16,17,18,19,20). The second-order valence-electron chi connectivity index (χ2n) is 5.73. The molecular weight excluding hydrogens is 266 g/mol. The van der Waals surface area contributed by atoms with Crippen molar-refractivity contribution >= 4 is 17.0 Å². The number of aromatic amines is 1. The Kier molecular flexibility index (Phi) is 4.52. The van der Waals surface area contributed by atoms with Crippen molar-refractivity contribution in [1.82, 2.24) is 20.2 Å². The summed E-state index contributed by atoms with van der Waals surface area (Å²) >= 11 is 0. The maximum Gasteiger partial charge on any atom is 0.229 e. The third-order valence-corrected chi connectivity index (χ3v) is 3.99. The Hall–Kier alpha value is -1.85. The number of anilines is 1. The van der Waals surface area contributed by atoms with Crippen molar-refractivity contribution in [3.8, 4) is 5.88 Å². The zero-order valence-electron chi connectivity index (χ0n) is 12.6. The minimum absolute atomic E-state index is 0.604. The quantitative estimate of drug-likeness (QED) is 0.854. The Bertz CT molecular complexity index is 576. The lowest BCUT2D eigenvalue weighted by molar-refractivity contribution is 0.205. The smallest absolute Gasteiger partial charge is 0.229 e. The molecular formula is C15H23N5O. The Morgan fingerprint density at radius 2 is 2.14 bits per heavy atom. The number of ether oxygens (including phenoxy) is 1. The minimum atomic E-state index is 0.604. The average molecular weight is 289 g/mol. The van der Waals surface area contributed by atoms with Gasteiger partial charge < -0.3 is 10.1 Å². The van der Waals surface area contributed by atoms with Gasteiger partial charge in [-0.05, 0) is 25.2 Å². The molecule has 21 heavy (non-hydrogen) atoms. The second-order valence-corrected chi connectivity index (χ2v) is 5.73. The number of fused-ring (bicyclic) bond motifs is 1. The lowest BCUT2D eigenvalue weighted by atomic mass is 9.90. The second kappa shape index (κ2) is 6.74. The highest BCUT2D eigenvalue weighted by atomic mass is 16.5. The molecule has 0 unspecified atom stereocenters. The van der Waals surface area contributed by atoms with Gasteiger partial charge in [0, 0.05) is 6.54 Å². The van der Waals surface area contributed by atoms with Crippen LogP contribution in [0, 0.1) is 5.92 Å². The van der Waals surface area contributed by atoms with Gasteiger partial charge in [-0.15, -0.1) is 0 Å². The minimum Gasteiger partial charge on any atom is -0.477 e. The van der Waals surface area contributed by atoms with Crippen molar-refractivity contribution < 1.29 is 4.74 Å². The first-order valence-corrected chi connectivity index (χ1v) is 7.94. The van der Waals surface area contributed by atoms with E-state index in [1.807, 2.05) is 0 Å². The average Bonchev–Trinajstić information content (AvgIpc) is 3.00. The number of nitrogens with zero attached hydrogens (tertiary/aromatic N) is 3. The summed E-state index contributed by atoms with van der Waals surface area (Å²) < 4.78 is 5.99. The van der Waals surface area contributed by atoms with Gasteiger partial charge >= 0.3 is 0 Å². The first kappa shape index (κ1) is 14.1. The number of hydrogen-bond acceptors (Lipinski definition) is 5. The molecule has 6 heteroatoms. The van der Waals surface area contributed by atoms with Crippen molar-refractivity contribution in [2.45, 2.75) is 45.4 Å². The molecule has 0 bridgehead atoms. The SMILES string of the molecule is CCCNc1nc(OCC2CCCCC2)c2cn[nH]c2n1. The number of nitrogens with one attached hydrogen (secondary N) is 2. The zero-order valence-corrected chi connectivity index (χ0v) is 12.6. The molecule has 0 aromatic carbocycles. The van der Waals surface area contributed by atoms with Crippen LogP contribution in [0.4, 0.5) is 5.95 Å². The molecule has 6 nitrogen and oxygen atoms in total. The summed E-state index contributed by atoms with van der Waals surface area (Å²) in [5, 5.41) is 11.0. The Balaban J connectivity index is 1.73. The molecule has 1 aliphatic rings. The molecule has 2 N–H and O–H groups in total. The van der Waals surface area contributed by atoms with Gasteiger partial charge in [-0.25, -0.2) is 0 Å². The van der Waals surface area contributed by atoms with Gasteiger partial charge in [-0.2, -0.15) is 15.1 Å². The van der Waals surface area contributed by atoms with Gasteiger partial charge in [0.15, 0.2) is 5.65 Å².